The predicted octanol–water partition coefficient (Wildman–Crippen LogP) is 1.93. The maximum Gasteiger partial charge on any atom is 0.121 e. The lowest BCUT2D eigenvalue weighted by atomic mass is 10.3. The molecular weight excluding hydrogens is 202 g/mol. The van der Waals surface area contributed by atoms with E-state index < -0.39 is 0 Å². The number of aromatic nitrogens is 2. The molecule has 1 heterocycles. The summed E-state index contributed by atoms with van der Waals surface area (Å²) in [5.74, 6) is 1.59. The van der Waals surface area contributed by atoms with Gasteiger partial charge in [-0.15, -0.1) is 0 Å². The molecule has 0 aliphatic carbocycles. The first-order chi connectivity index (χ1) is 7.86. The second kappa shape index (κ2) is 5.21. The molecule has 1 aromatic carbocycles. The van der Waals surface area contributed by atoms with Crippen LogP contribution >= 0.6 is 0 Å². The number of rotatable bonds is 5. The Morgan fingerprint density at radius 3 is 2.69 bits per heavy atom. The minimum Gasteiger partial charge on any atom is -0.494 e. The second-order valence-electron chi connectivity index (χ2n) is 3.49. The summed E-state index contributed by atoms with van der Waals surface area (Å²) in [6, 6.07) is 11.6. The first-order valence-electron chi connectivity index (χ1n) is 5.31. The molecule has 2 rings (SSSR count). The number of anilines is 1. The van der Waals surface area contributed by atoms with Gasteiger partial charge in [0.25, 0.3) is 0 Å². The van der Waals surface area contributed by atoms with E-state index in [1.165, 1.54) is 0 Å². The summed E-state index contributed by atoms with van der Waals surface area (Å²) in [4.78, 5) is 0. The monoisotopic (exact) mass is 217 g/mol. The van der Waals surface area contributed by atoms with Gasteiger partial charge in [0, 0.05) is 13.0 Å². The van der Waals surface area contributed by atoms with Crippen LogP contribution in [-0.4, -0.2) is 16.4 Å². The highest BCUT2D eigenvalue weighted by atomic mass is 16.5. The zero-order valence-corrected chi connectivity index (χ0v) is 9.04. The number of aryl methyl sites for hydroxylation is 1. The van der Waals surface area contributed by atoms with Gasteiger partial charge in [-0.05, 0) is 18.2 Å². The molecule has 84 valence electrons. The van der Waals surface area contributed by atoms with E-state index in [0.29, 0.717) is 12.4 Å². The Morgan fingerprint density at radius 1 is 1.19 bits per heavy atom. The van der Waals surface area contributed by atoms with Crippen molar-refractivity contribution in [1.82, 2.24) is 9.78 Å². The summed E-state index contributed by atoms with van der Waals surface area (Å²) >= 11 is 0. The van der Waals surface area contributed by atoms with Gasteiger partial charge >= 0.3 is 0 Å². The van der Waals surface area contributed by atoms with E-state index in [-0.39, 0.29) is 0 Å². The summed E-state index contributed by atoms with van der Waals surface area (Å²) in [5, 5.41) is 4.10. The van der Waals surface area contributed by atoms with Crippen molar-refractivity contribution in [3.63, 3.8) is 0 Å². The molecule has 0 saturated carbocycles. The van der Waals surface area contributed by atoms with Crippen LogP contribution in [0.2, 0.25) is 0 Å². The van der Waals surface area contributed by atoms with Crippen LogP contribution in [0.5, 0.6) is 5.75 Å². The van der Waals surface area contributed by atoms with Gasteiger partial charge in [0.05, 0.1) is 12.8 Å². The minimum atomic E-state index is 0.670. The van der Waals surface area contributed by atoms with Crippen molar-refractivity contribution < 1.29 is 4.74 Å². The van der Waals surface area contributed by atoms with Gasteiger partial charge in [0.15, 0.2) is 0 Å². The number of nitrogens with zero attached hydrogens (tertiary/aromatic N) is 2. The van der Waals surface area contributed by atoms with Gasteiger partial charge in [-0.2, -0.15) is 5.10 Å². The Hall–Kier alpha value is -1.97. The SMILES string of the molecule is Nc1ccnn1CCCOc1ccccc1. The van der Waals surface area contributed by atoms with Crippen LogP contribution in [0, 0.1) is 0 Å². The number of hydrogen-bond acceptors (Lipinski definition) is 3. The van der Waals surface area contributed by atoms with Crippen LogP contribution in [0.3, 0.4) is 0 Å². The summed E-state index contributed by atoms with van der Waals surface area (Å²) in [7, 11) is 0. The van der Waals surface area contributed by atoms with Gasteiger partial charge < -0.3 is 10.5 Å². The molecule has 4 heteroatoms. The molecule has 16 heavy (non-hydrogen) atoms. The van der Waals surface area contributed by atoms with E-state index in [1.807, 2.05) is 30.3 Å². The maximum atomic E-state index is 5.69. The Balaban J connectivity index is 1.72. The molecule has 0 unspecified atom stereocenters. The lowest BCUT2D eigenvalue weighted by molar-refractivity contribution is 0.299. The van der Waals surface area contributed by atoms with Crippen molar-refractivity contribution in [3.05, 3.63) is 42.6 Å². The summed E-state index contributed by atoms with van der Waals surface area (Å²) in [6.45, 7) is 1.45. The van der Waals surface area contributed by atoms with Crippen LogP contribution in [0.4, 0.5) is 5.82 Å². The minimum absolute atomic E-state index is 0.670. The highest BCUT2D eigenvalue weighted by Crippen LogP contribution is 2.09. The van der Waals surface area contributed by atoms with Crippen molar-refractivity contribution in [2.24, 2.45) is 0 Å². The molecule has 0 saturated heterocycles. The third-order valence-electron chi connectivity index (χ3n) is 2.28. The molecule has 4 nitrogen and oxygen atoms in total. The van der Waals surface area contributed by atoms with E-state index in [1.54, 1.807) is 16.9 Å². The van der Waals surface area contributed by atoms with E-state index in [4.69, 9.17) is 10.5 Å². The van der Waals surface area contributed by atoms with Crippen molar-refractivity contribution in [2.75, 3.05) is 12.3 Å². The van der Waals surface area contributed by atoms with Gasteiger partial charge in [-0.3, -0.25) is 4.68 Å². The fourth-order valence-corrected chi connectivity index (χ4v) is 1.45. The third-order valence-corrected chi connectivity index (χ3v) is 2.28. The Labute approximate surface area is 94.6 Å². The topological polar surface area (TPSA) is 53.1 Å². The van der Waals surface area contributed by atoms with Crippen molar-refractivity contribution in [1.29, 1.82) is 0 Å². The highest BCUT2D eigenvalue weighted by molar-refractivity contribution is 5.25. The van der Waals surface area contributed by atoms with Gasteiger partial charge in [0.1, 0.15) is 11.6 Å². The van der Waals surface area contributed by atoms with Crippen molar-refractivity contribution in [3.8, 4) is 5.75 Å². The quantitative estimate of drug-likeness (QED) is 0.779. The molecule has 0 fully saturated rings. The summed E-state index contributed by atoms with van der Waals surface area (Å²) in [5.41, 5.74) is 5.69. The van der Waals surface area contributed by atoms with Gasteiger partial charge in [-0.1, -0.05) is 18.2 Å². The smallest absolute Gasteiger partial charge is 0.121 e. The predicted molar refractivity (Wildman–Crippen MR) is 63.2 cm³/mol. The third kappa shape index (κ3) is 2.76. The number of nitrogen functional groups attached to an aromatic ring is 1. The molecule has 0 radical (unpaired) electrons. The van der Waals surface area contributed by atoms with Crippen LogP contribution < -0.4 is 10.5 Å². The largest absolute Gasteiger partial charge is 0.494 e. The van der Waals surface area contributed by atoms with E-state index in [9.17, 15) is 0 Å². The number of benzene rings is 1. The molecule has 0 spiro atoms. The number of nitrogens with two attached hydrogens (primary N) is 1. The average molecular weight is 217 g/mol. The van der Waals surface area contributed by atoms with Gasteiger partial charge in [-0.25, -0.2) is 0 Å². The lowest BCUT2D eigenvalue weighted by Gasteiger charge is -2.06. The standard InChI is InChI=1S/C12H15N3O/c13-12-7-8-14-15(12)9-4-10-16-11-5-2-1-3-6-11/h1-3,5-8H,4,9-10,13H2. The van der Waals surface area contributed by atoms with Crippen molar-refractivity contribution >= 4 is 5.82 Å². The summed E-state index contributed by atoms with van der Waals surface area (Å²) in [6.07, 6.45) is 2.59. The molecular formula is C12H15N3O. The van der Waals surface area contributed by atoms with Crippen molar-refractivity contribution in [2.45, 2.75) is 13.0 Å². The fraction of sp³-hybridized carbons (Fsp3) is 0.250. The fourth-order valence-electron chi connectivity index (χ4n) is 1.45. The molecule has 2 aromatic rings. The lowest BCUT2D eigenvalue weighted by Crippen LogP contribution is -2.08. The maximum absolute atomic E-state index is 5.69. The van der Waals surface area contributed by atoms with E-state index in [0.717, 1.165) is 18.7 Å². The molecule has 0 aliphatic rings. The molecule has 0 aliphatic heterocycles. The Bertz CT molecular complexity index is 425. The average Bonchev–Trinajstić information content (AvgIpc) is 2.72. The number of ether oxygens (including phenoxy) is 1. The molecule has 0 amide bonds. The molecule has 0 atom stereocenters. The molecule has 0 bridgehead atoms. The normalized spacial score (nSPS) is 10.2. The Morgan fingerprint density at radius 2 is 2.00 bits per heavy atom. The van der Waals surface area contributed by atoms with Gasteiger partial charge in [0.2, 0.25) is 0 Å². The van der Waals surface area contributed by atoms with Crippen LogP contribution in [0.15, 0.2) is 42.6 Å². The zero-order valence-electron chi connectivity index (χ0n) is 9.04. The van der Waals surface area contributed by atoms with E-state index in [2.05, 4.69) is 5.10 Å². The molecule has 2 N–H and O–H groups in total. The summed E-state index contributed by atoms with van der Waals surface area (Å²) < 4.78 is 7.33. The Kier molecular flexibility index (Phi) is 3.43. The van der Waals surface area contributed by atoms with E-state index >= 15 is 0 Å². The highest BCUT2D eigenvalue weighted by Gasteiger charge is 1.97. The van der Waals surface area contributed by atoms with Crippen LogP contribution in [0.1, 0.15) is 6.42 Å². The first-order valence-corrected chi connectivity index (χ1v) is 5.31. The second-order valence-corrected chi connectivity index (χ2v) is 3.49. The number of para-hydroxylation sites is 1. The molecule has 1 aromatic heterocycles. The zero-order chi connectivity index (χ0) is 11.2. The number of hydrogen-bond donors (Lipinski definition) is 1. The van der Waals surface area contributed by atoms with Crippen LogP contribution in [0.25, 0.3) is 0 Å². The van der Waals surface area contributed by atoms with Crippen LogP contribution in [-0.2, 0) is 6.54 Å². The first kappa shape index (κ1) is 10.5.